The van der Waals surface area contributed by atoms with Crippen molar-refractivity contribution in [1.82, 2.24) is 4.90 Å². The number of benzene rings is 1. The van der Waals surface area contributed by atoms with E-state index in [1.807, 2.05) is 7.05 Å². The van der Waals surface area contributed by atoms with Gasteiger partial charge in [0.25, 0.3) is 0 Å². The number of likely N-dealkylation sites (N-methyl/N-ethyl adjacent to an activating group) is 1. The maximum atomic E-state index is 11.4. The van der Waals surface area contributed by atoms with Crippen LogP contribution < -0.4 is 9.47 Å². The van der Waals surface area contributed by atoms with Crippen LogP contribution in [0.25, 0.3) is 0 Å². The Labute approximate surface area is 124 Å². The monoisotopic (exact) mass is 295 g/mol. The van der Waals surface area contributed by atoms with Gasteiger partial charge in [-0.2, -0.15) is 0 Å². The van der Waals surface area contributed by atoms with Crippen molar-refractivity contribution < 1.29 is 24.1 Å². The summed E-state index contributed by atoms with van der Waals surface area (Å²) in [6.07, 6.45) is -0.312. The second-order valence-corrected chi connectivity index (χ2v) is 5.13. The summed E-state index contributed by atoms with van der Waals surface area (Å²) in [5.74, 6) is 0.398. The van der Waals surface area contributed by atoms with Crippen LogP contribution in [0.15, 0.2) is 18.2 Å². The molecule has 2 unspecified atom stereocenters. The minimum absolute atomic E-state index is 0.0782. The lowest BCUT2D eigenvalue weighted by molar-refractivity contribution is -0.150. The molecule has 1 heterocycles. The summed E-state index contributed by atoms with van der Waals surface area (Å²) in [6, 6.07) is 4.92. The van der Waals surface area contributed by atoms with E-state index in [2.05, 4.69) is 9.64 Å². The Bertz CT molecular complexity index is 505. The van der Waals surface area contributed by atoms with Gasteiger partial charge in [0.05, 0.1) is 14.2 Å². The normalized spacial score (nSPS) is 20.1. The van der Waals surface area contributed by atoms with E-state index in [1.165, 1.54) is 7.11 Å². The summed E-state index contributed by atoms with van der Waals surface area (Å²) in [4.78, 5) is 13.6. The number of nitrogens with zero attached hydrogens (tertiary/aromatic N) is 1. The average molecular weight is 295 g/mol. The van der Waals surface area contributed by atoms with Crippen molar-refractivity contribution in [2.24, 2.45) is 0 Å². The van der Waals surface area contributed by atoms with Gasteiger partial charge in [-0.3, -0.25) is 0 Å². The van der Waals surface area contributed by atoms with Gasteiger partial charge in [0.15, 0.2) is 17.6 Å². The summed E-state index contributed by atoms with van der Waals surface area (Å²) in [7, 11) is 4.83. The molecule has 0 aliphatic carbocycles. The lowest BCUT2D eigenvalue weighted by Gasteiger charge is -2.18. The van der Waals surface area contributed by atoms with Gasteiger partial charge in [0.2, 0.25) is 0 Å². The minimum atomic E-state index is -1.32. The Kier molecular flexibility index (Phi) is 5.03. The maximum Gasteiger partial charge on any atom is 0.339 e. The number of likely N-dealkylation sites (tertiary alicyclic amines) is 1. The fourth-order valence-electron chi connectivity index (χ4n) is 2.37. The highest BCUT2D eigenvalue weighted by Gasteiger charge is 2.24. The molecule has 2 atom stereocenters. The maximum absolute atomic E-state index is 11.4. The third kappa shape index (κ3) is 3.65. The second-order valence-electron chi connectivity index (χ2n) is 5.13. The van der Waals surface area contributed by atoms with E-state index < -0.39 is 12.1 Å². The van der Waals surface area contributed by atoms with E-state index in [-0.39, 0.29) is 6.10 Å². The van der Waals surface area contributed by atoms with E-state index >= 15 is 0 Å². The van der Waals surface area contributed by atoms with Crippen molar-refractivity contribution in [2.45, 2.75) is 18.6 Å². The van der Waals surface area contributed by atoms with Crippen molar-refractivity contribution in [2.75, 3.05) is 34.4 Å². The van der Waals surface area contributed by atoms with Gasteiger partial charge in [0.1, 0.15) is 6.10 Å². The molecular weight excluding hydrogens is 274 g/mol. The molecule has 0 saturated carbocycles. The van der Waals surface area contributed by atoms with Crippen LogP contribution in [0.3, 0.4) is 0 Å². The molecule has 1 aromatic carbocycles. The van der Waals surface area contributed by atoms with E-state index in [0.29, 0.717) is 17.1 Å². The molecule has 0 amide bonds. The molecule has 1 saturated heterocycles. The zero-order chi connectivity index (χ0) is 15.4. The summed E-state index contributed by atoms with van der Waals surface area (Å²) in [6.45, 7) is 1.82. The SMILES string of the molecule is COC(=O)C(O)c1ccc(OC)c(OC2CCN(C)C2)c1. The van der Waals surface area contributed by atoms with Crippen molar-refractivity contribution in [3.8, 4) is 11.5 Å². The highest BCUT2D eigenvalue weighted by molar-refractivity contribution is 5.76. The number of ether oxygens (including phenoxy) is 3. The molecule has 6 nitrogen and oxygen atoms in total. The molecule has 0 bridgehead atoms. The van der Waals surface area contributed by atoms with Crippen molar-refractivity contribution >= 4 is 5.97 Å². The van der Waals surface area contributed by atoms with E-state index in [4.69, 9.17) is 9.47 Å². The third-order valence-corrected chi connectivity index (χ3v) is 3.57. The van der Waals surface area contributed by atoms with Crippen molar-refractivity contribution in [3.05, 3.63) is 23.8 Å². The predicted molar refractivity (Wildman–Crippen MR) is 76.5 cm³/mol. The highest BCUT2D eigenvalue weighted by atomic mass is 16.5. The van der Waals surface area contributed by atoms with Crippen LogP contribution >= 0.6 is 0 Å². The number of esters is 1. The van der Waals surface area contributed by atoms with E-state index in [1.54, 1.807) is 25.3 Å². The first kappa shape index (κ1) is 15.6. The number of aliphatic hydroxyl groups excluding tert-OH is 1. The van der Waals surface area contributed by atoms with Gasteiger partial charge >= 0.3 is 5.97 Å². The van der Waals surface area contributed by atoms with Crippen LogP contribution in [-0.4, -0.2) is 56.4 Å². The van der Waals surface area contributed by atoms with Crippen LogP contribution in [0.2, 0.25) is 0 Å². The lowest BCUT2D eigenvalue weighted by Crippen LogP contribution is -2.22. The standard InChI is InChI=1S/C15H21NO5/c1-16-7-6-11(9-16)21-13-8-10(4-5-12(13)19-2)14(17)15(18)20-3/h4-5,8,11,14,17H,6-7,9H2,1-3H3. The van der Waals surface area contributed by atoms with Crippen molar-refractivity contribution in [3.63, 3.8) is 0 Å². The topological polar surface area (TPSA) is 68.2 Å². The van der Waals surface area contributed by atoms with Crippen LogP contribution in [-0.2, 0) is 9.53 Å². The molecule has 0 aromatic heterocycles. The predicted octanol–water partition coefficient (Wildman–Crippen LogP) is 0.984. The van der Waals surface area contributed by atoms with E-state index in [0.717, 1.165) is 19.5 Å². The number of hydrogen-bond donors (Lipinski definition) is 1. The van der Waals surface area contributed by atoms with Gasteiger partial charge in [0, 0.05) is 13.1 Å². The number of aliphatic hydroxyl groups is 1. The largest absolute Gasteiger partial charge is 0.493 e. The molecule has 2 rings (SSSR count). The van der Waals surface area contributed by atoms with Gasteiger partial charge in [-0.05, 0) is 31.2 Å². The molecule has 116 valence electrons. The van der Waals surface area contributed by atoms with Crippen LogP contribution in [0.1, 0.15) is 18.1 Å². The van der Waals surface area contributed by atoms with Gasteiger partial charge in [-0.15, -0.1) is 0 Å². The summed E-state index contributed by atoms with van der Waals surface area (Å²) in [5.41, 5.74) is 0.420. The molecule has 6 heteroatoms. The fourth-order valence-corrected chi connectivity index (χ4v) is 2.37. The molecule has 1 aliphatic heterocycles. The first-order chi connectivity index (χ1) is 10.0. The van der Waals surface area contributed by atoms with Crippen molar-refractivity contribution in [1.29, 1.82) is 0 Å². The molecule has 1 aliphatic rings. The fraction of sp³-hybridized carbons (Fsp3) is 0.533. The highest BCUT2D eigenvalue weighted by Crippen LogP contribution is 2.32. The summed E-state index contributed by atoms with van der Waals surface area (Å²) >= 11 is 0. The first-order valence-corrected chi connectivity index (χ1v) is 6.84. The Morgan fingerprint density at radius 2 is 2.14 bits per heavy atom. The van der Waals surface area contributed by atoms with Gasteiger partial charge in [-0.25, -0.2) is 4.79 Å². The molecule has 0 radical (unpaired) electrons. The Hall–Kier alpha value is -1.79. The zero-order valence-corrected chi connectivity index (χ0v) is 12.5. The molecular formula is C15H21NO5. The summed E-state index contributed by atoms with van der Waals surface area (Å²) < 4.78 is 15.8. The second kappa shape index (κ2) is 6.78. The number of hydrogen-bond acceptors (Lipinski definition) is 6. The van der Waals surface area contributed by atoms with Gasteiger partial charge < -0.3 is 24.2 Å². The number of rotatable bonds is 5. The number of methoxy groups -OCH3 is 2. The van der Waals surface area contributed by atoms with Crippen LogP contribution in [0.5, 0.6) is 11.5 Å². The Morgan fingerprint density at radius 3 is 2.71 bits per heavy atom. The third-order valence-electron chi connectivity index (χ3n) is 3.57. The lowest BCUT2D eigenvalue weighted by atomic mass is 10.1. The average Bonchev–Trinajstić information content (AvgIpc) is 2.90. The first-order valence-electron chi connectivity index (χ1n) is 6.84. The Balaban J connectivity index is 2.19. The minimum Gasteiger partial charge on any atom is -0.493 e. The summed E-state index contributed by atoms with van der Waals surface area (Å²) in [5, 5.41) is 9.90. The smallest absolute Gasteiger partial charge is 0.339 e. The molecule has 1 N–H and O–H groups in total. The molecule has 1 fully saturated rings. The van der Waals surface area contributed by atoms with E-state index in [9.17, 15) is 9.90 Å². The van der Waals surface area contributed by atoms with Crippen LogP contribution in [0.4, 0.5) is 0 Å². The molecule has 0 spiro atoms. The zero-order valence-electron chi connectivity index (χ0n) is 12.5. The molecule has 21 heavy (non-hydrogen) atoms. The van der Waals surface area contributed by atoms with Gasteiger partial charge in [-0.1, -0.05) is 6.07 Å². The molecule has 1 aromatic rings. The van der Waals surface area contributed by atoms with Crippen LogP contribution in [0, 0.1) is 0 Å². The number of carbonyl (C=O) groups excluding carboxylic acids is 1. The number of carbonyl (C=O) groups is 1. The Morgan fingerprint density at radius 1 is 1.38 bits per heavy atom. The quantitative estimate of drug-likeness (QED) is 0.817.